The van der Waals surface area contributed by atoms with Crippen LogP contribution >= 0.6 is 0 Å². The van der Waals surface area contributed by atoms with Crippen LogP contribution in [0, 0.1) is 6.92 Å². The molecule has 0 aliphatic carbocycles. The van der Waals surface area contributed by atoms with E-state index in [1.807, 2.05) is 31.2 Å². The molecule has 0 bridgehead atoms. The van der Waals surface area contributed by atoms with E-state index in [9.17, 15) is 4.79 Å². The Morgan fingerprint density at radius 3 is 2.54 bits per heavy atom. The number of benzene rings is 1. The molecule has 0 aliphatic rings. The molecule has 2 N–H and O–H groups in total. The lowest BCUT2D eigenvalue weighted by atomic mass is 10.1. The number of aromatic amines is 2. The Morgan fingerprint density at radius 1 is 1.15 bits per heavy atom. The molecule has 1 aromatic carbocycles. The minimum absolute atomic E-state index is 0.0988. The van der Waals surface area contributed by atoms with Crippen molar-refractivity contribution in [1.82, 2.24) is 10.2 Å². The zero-order chi connectivity index (χ0) is 9.26. The first-order valence-electron chi connectivity index (χ1n) is 4.11. The van der Waals surface area contributed by atoms with Gasteiger partial charge in [-0.2, -0.15) is 0 Å². The highest BCUT2D eigenvalue weighted by atomic mass is 16.1. The Labute approximate surface area is 75.4 Å². The van der Waals surface area contributed by atoms with Crippen LogP contribution in [0.5, 0.6) is 0 Å². The number of rotatable bonds is 1. The molecule has 2 rings (SSSR count). The van der Waals surface area contributed by atoms with E-state index in [1.165, 1.54) is 0 Å². The molecule has 1 aromatic heterocycles. The average molecular weight is 174 g/mol. The topological polar surface area (TPSA) is 48.6 Å². The number of hydrogen-bond donors (Lipinski definition) is 2. The Hall–Kier alpha value is -1.77. The number of aryl methyl sites for hydroxylation is 1. The quantitative estimate of drug-likeness (QED) is 0.678. The van der Waals surface area contributed by atoms with Gasteiger partial charge in [0.1, 0.15) is 0 Å². The molecule has 0 saturated carbocycles. The van der Waals surface area contributed by atoms with E-state index in [2.05, 4.69) is 10.2 Å². The summed E-state index contributed by atoms with van der Waals surface area (Å²) < 4.78 is 0. The van der Waals surface area contributed by atoms with Crippen LogP contribution in [0.3, 0.4) is 0 Å². The van der Waals surface area contributed by atoms with Gasteiger partial charge in [-0.25, -0.2) is 0 Å². The van der Waals surface area contributed by atoms with Gasteiger partial charge in [-0.15, -0.1) is 0 Å². The molecule has 0 spiro atoms. The molecule has 1 heterocycles. The minimum Gasteiger partial charge on any atom is -0.298 e. The molecule has 3 nitrogen and oxygen atoms in total. The van der Waals surface area contributed by atoms with Gasteiger partial charge in [0.15, 0.2) is 0 Å². The Morgan fingerprint density at radius 2 is 1.92 bits per heavy atom. The summed E-state index contributed by atoms with van der Waals surface area (Å²) in [6, 6.07) is 9.48. The normalized spacial score (nSPS) is 10.2. The van der Waals surface area contributed by atoms with Crippen molar-refractivity contribution in [2.75, 3.05) is 0 Å². The molecule has 0 saturated heterocycles. The fourth-order valence-electron chi connectivity index (χ4n) is 1.35. The lowest BCUT2D eigenvalue weighted by Crippen LogP contribution is -1.93. The fourth-order valence-corrected chi connectivity index (χ4v) is 1.35. The Bertz CT molecular complexity index is 468. The van der Waals surface area contributed by atoms with Crippen LogP contribution in [0.2, 0.25) is 0 Å². The summed E-state index contributed by atoms with van der Waals surface area (Å²) >= 11 is 0. The smallest absolute Gasteiger partial charge is 0.264 e. The summed E-state index contributed by atoms with van der Waals surface area (Å²) in [5.74, 6) is 0. The van der Waals surface area contributed by atoms with E-state index < -0.39 is 0 Å². The Kier molecular flexibility index (Phi) is 1.77. The summed E-state index contributed by atoms with van der Waals surface area (Å²) in [5.41, 5.74) is 2.94. The van der Waals surface area contributed by atoms with E-state index in [4.69, 9.17) is 0 Å². The van der Waals surface area contributed by atoms with Gasteiger partial charge in [-0.1, -0.05) is 24.3 Å². The van der Waals surface area contributed by atoms with Gasteiger partial charge >= 0.3 is 0 Å². The van der Waals surface area contributed by atoms with Crippen molar-refractivity contribution >= 4 is 0 Å². The van der Waals surface area contributed by atoms with Gasteiger partial charge in [0.25, 0.3) is 5.56 Å². The van der Waals surface area contributed by atoms with Crippen LogP contribution in [0.25, 0.3) is 11.3 Å². The van der Waals surface area contributed by atoms with Crippen molar-refractivity contribution in [2.45, 2.75) is 6.92 Å². The zero-order valence-corrected chi connectivity index (χ0v) is 7.29. The van der Waals surface area contributed by atoms with E-state index in [0.717, 1.165) is 16.8 Å². The maximum Gasteiger partial charge on any atom is 0.264 e. The molecule has 0 fully saturated rings. The van der Waals surface area contributed by atoms with Crippen molar-refractivity contribution in [3.63, 3.8) is 0 Å². The van der Waals surface area contributed by atoms with E-state index in [0.29, 0.717) is 0 Å². The summed E-state index contributed by atoms with van der Waals surface area (Å²) in [4.78, 5) is 10.9. The zero-order valence-electron chi connectivity index (χ0n) is 7.29. The first kappa shape index (κ1) is 7.86. The van der Waals surface area contributed by atoms with Crippen molar-refractivity contribution in [3.05, 3.63) is 46.2 Å². The average Bonchev–Trinajstić information content (AvgIpc) is 2.53. The van der Waals surface area contributed by atoms with Crippen LogP contribution in [0.1, 0.15) is 5.56 Å². The molecule has 0 aliphatic heterocycles. The summed E-state index contributed by atoms with van der Waals surface area (Å²) in [7, 11) is 0. The number of aromatic nitrogens is 2. The molecule has 0 unspecified atom stereocenters. The van der Waals surface area contributed by atoms with Gasteiger partial charge in [-0.05, 0) is 12.5 Å². The van der Waals surface area contributed by atoms with E-state index >= 15 is 0 Å². The van der Waals surface area contributed by atoms with Crippen LogP contribution < -0.4 is 5.56 Å². The number of nitrogens with one attached hydrogen (secondary N) is 2. The standard InChI is InChI=1S/C10H10N2O/c1-7-4-2-3-5-8(7)9-6-10(13)12-11-9/h2-6H,1H3,(H2,11,12,13). The van der Waals surface area contributed by atoms with Gasteiger partial charge < -0.3 is 0 Å². The second-order valence-corrected chi connectivity index (χ2v) is 2.99. The minimum atomic E-state index is -0.0988. The molecular formula is C10H10N2O. The van der Waals surface area contributed by atoms with Crippen molar-refractivity contribution in [3.8, 4) is 11.3 Å². The number of hydrogen-bond acceptors (Lipinski definition) is 1. The SMILES string of the molecule is Cc1ccccc1-c1cc(=O)[nH][nH]1. The summed E-state index contributed by atoms with van der Waals surface area (Å²) in [5, 5.41) is 5.34. The predicted octanol–water partition coefficient (Wildman–Crippen LogP) is 1.68. The van der Waals surface area contributed by atoms with Gasteiger partial charge in [0.05, 0.1) is 5.69 Å². The molecule has 2 aromatic rings. The highest BCUT2D eigenvalue weighted by Gasteiger charge is 2.01. The van der Waals surface area contributed by atoms with Gasteiger partial charge in [0, 0.05) is 11.6 Å². The molecule has 0 radical (unpaired) electrons. The molecule has 0 amide bonds. The first-order chi connectivity index (χ1) is 6.27. The maximum atomic E-state index is 10.9. The molecule has 66 valence electrons. The predicted molar refractivity (Wildman–Crippen MR) is 51.6 cm³/mol. The Balaban J connectivity index is 2.58. The lowest BCUT2D eigenvalue weighted by molar-refractivity contribution is 1.06. The van der Waals surface area contributed by atoms with Crippen LogP contribution in [-0.4, -0.2) is 10.2 Å². The highest BCUT2D eigenvalue weighted by molar-refractivity contribution is 5.62. The molecule has 13 heavy (non-hydrogen) atoms. The van der Waals surface area contributed by atoms with Crippen molar-refractivity contribution in [1.29, 1.82) is 0 Å². The molecule has 3 heteroatoms. The highest BCUT2D eigenvalue weighted by Crippen LogP contribution is 2.18. The van der Waals surface area contributed by atoms with Crippen LogP contribution in [0.4, 0.5) is 0 Å². The van der Waals surface area contributed by atoms with E-state index in [1.54, 1.807) is 6.07 Å². The third-order valence-electron chi connectivity index (χ3n) is 2.03. The van der Waals surface area contributed by atoms with Gasteiger partial charge in [0.2, 0.25) is 0 Å². The third-order valence-corrected chi connectivity index (χ3v) is 2.03. The van der Waals surface area contributed by atoms with E-state index in [-0.39, 0.29) is 5.56 Å². The fraction of sp³-hybridized carbons (Fsp3) is 0.100. The first-order valence-corrected chi connectivity index (χ1v) is 4.11. The van der Waals surface area contributed by atoms with Crippen molar-refractivity contribution in [2.24, 2.45) is 0 Å². The molecular weight excluding hydrogens is 164 g/mol. The summed E-state index contributed by atoms with van der Waals surface area (Å²) in [6.45, 7) is 2.01. The number of H-pyrrole nitrogens is 2. The third kappa shape index (κ3) is 1.40. The lowest BCUT2D eigenvalue weighted by Gasteiger charge is -2.00. The summed E-state index contributed by atoms with van der Waals surface area (Å²) in [6.07, 6.45) is 0. The molecule has 0 atom stereocenters. The monoisotopic (exact) mass is 174 g/mol. The van der Waals surface area contributed by atoms with Crippen LogP contribution in [0.15, 0.2) is 35.1 Å². The second kappa shape index (κ2) is 2.94. The van der Waals surface area contributed by atoms with Gasteiger partial charge in [-0.3, -0.25) is 15.0 Å². The maximum absolute atomic E-state index is 10.9. The second-order valence-electron chi connectivity index (χ2n) is 2.99. The van der Waals surface area contributed by atoms with Crippen LogP contribution in [-0.2, 0) is 0 Å². The van der Waals surface area contributed by atoms with Crippen molar-refractivity contribution < 1.29 is 0 Å². The largest absolute Gasteiger partial charge is 0.298 e.